The van der Waals surface area contributed by atoms with E-state index in [1.54, 1.807) is 0 Å². The van der Waals surface area contributed by atoms with E-state index in [1.807, 2.05) is 0 Å². The summed E-state index contributed by atoms with van der Waals surface area (Å²) in [7, 11) is -0.932. The standard InChI is InChI=1S/C10H23NO3S/c1-4-5-6-7-8-9-10-11(2,3)15(12,13)14/h4-10H2,1-3H3/p+1. The Labute approximate surface area is 93.8 Å². The summed E-state index contributed by atoms with van der Waals surface area (Å²) in [6, 6.07) is 0. The Hall–Kier alpha value is -0.130. The van der Waals surface area contributed by atoms with Crippen molar-refractivity contribution in [1.82, 2.24) is 0 Å². The Kier molecular flexibility index (Phi) is 6.40. The molecular formula is C10H24NO3S+. The van der Waals surface area contributed by atoms with Crippen LogP contribution in [0.4, 0.5) is 0 Å². The highest BCUT2D eigenvalue weighted by molar-refractivity contribution is 7.80. The van der Waals surface area contributed by atoms with Crippen molar-refractivity contribution in [2.75, 3.05) is 20.6 Å². The highest BCUT2D eigenvalue weighted by Crippen LogP contribution is 2.11. The zero-order chi connectivity index (χ0) is 11.9. The van der Waals surface area contributed by atoms with Crippen molar-refractivity contribution in [3.05, 3.63) is 0 Å². The summed E-state index contributed by atoms with van der Waals surface area (Å²) in [5.41, 5.74) is 0. The number of hydrogen-bond acceptors (Lipinski definition) is 2. The summed E-state index contributed by atoms with van der Waals surface area (Å²) in [4.78, 5) is 0. The quantitative estimate of drug-likeness (QED) is 0.401. The molecule has 0 spiro atoms. The van der Waals surface area contributed by atoms with Crippen LogP contribution in [0.25, 0.3) is 0 Å². The van der Waals surface area contributed by atoms with Gasteiger partial charge in [-0.3, -0.25) is 0 Å². The van der Waals surface area contributed by atoms with Crippen molar-refractivity contribution < 1.29 is 16.9 Å². The third-order valence-electron chi connectivity index (χ3n) is 2.67. The van der Waals surface area contributed by atoms with Gasteiger partial charge in [-0.15, -0.1) is 8.42 Å². The first kappa shape index (κ1) is 14.9. The molecule has 0 amide bonds. The fraction of sp³-hybridized carbons (Fsp3) is 1.00. The lowest BCUT2D eigenvalue weighted by Gasteiger charge is -2.24. The molecule has 0 rings (SSSR count). The van der Waals surface area contributed by atoms with Crippen molar-refractivity contribution in [3.8, 4) is 0 Å². The number of rotatable bonds is 8. The van der Waals surface area contributed by atoms with Gasteiger partial charge in [0.25, 0.3) is 0 Å². The van der Waals surface area contributed by atoms with Gasteiger partial charge < -0.3 is 0 Å². The molecule has 0 radical (unpaired) electrons. The van der Waals surface area contributed by atoms with Crippen molar-refractivity contribution in [1.29, 1.82) is 0 Å². The smallest absolute Gasteiger partial charge is 0.241 e. The van der Waals surface area contributed by atoms with Gasteiger partial charge in [-0.25, -0.2) is 4.55 Å². The van der Waals surface area contributed by atoms with Crippen molar-refractivity contribution >= 4 is 10.3 Å². The van der Waals surface area contributed by atoms with E-state index in [9.17, 15) is 8.42 Å². The Morgan fingerprint density at radius 1 is 1.00 bits per heavy atom. The minimum atomic E-state index is -3.96. The average Bonchev–Trinajstić information content (AvgIpc) is 2.09. The average molecular weight is 238 g/mol. The third-order valence-corrected chi connectivity index (χ3v) is 4.11. The number of nitrogens with zero attached hydrogens (tertiary/aromatic N) is 1. The fourth-order valence-corrected chi connectivity index (χ4v) is 1.75. The van der Waals surface area contributed by atoms with Gasteiger partial charge in [-0.05, 0) is 12.8 Å². The van der Waals surface area contributed by atoms with Crippen molar-refractivity contribution in [2.24, 2.45) is 0 Å². The van der Waals surface area contributed by atoms with Crippen LogP contribution in [0, 0.1) is 0 Å². The van der Waals surface area contributed by atoms with Gasteiger partial charge in [-0.1, -0.05) is 32.6 Å². The molecule has 0 fully saturated rings. The van der Waals surface area contributed by atoms with Crippen LogP contribution in [0.1, 0.15) is 45.4 Å². The Balaban J connectivity index is 3.68. The Bertz CT molecular complexity index is 260. The maximum absolute atomic E-state index is 10.9. The van der Waals surface area contributed by atoms with Crippen LogP contribution in [-0.4, -0.2) is 37.5 Å². The van der Waals surface area contributed by atoms with E-state index in [1.165, 1.54) is 33.4 Å². The van der Waals surface area contributed by atoms with E-state index in [4.69, 9.17) is 4.55 Å². The summed E-state index contributed by atoms with van der Waals surface area (Å²) in [5.74, 6) is 0. The van der Waals surface area contributed by atoms with E-state index < -0.39 is 10.3 Å². The van der Waals surface area contributed by atoms with Crippen LogP contribution >= 0.6 is 0 Å². The minimum Gasteiger partial charge on any atom is -0.241 e. The van der Waals surface area contributed by atoms with Crippen molar-refractivity contribution in [2.45, 2.75) is 45.4 Å². The lowest BCUT2D eigenvalue weighted by atomic mass is 10.1. The molecule has 0 bridgehead atoms. The van der Waals surface area contributed by atoms with E-state index >= 15 is 0 Å². The summed E-state index contributed by atoms with van der Waals surface area (Å²) in [6.45, 7) is 2.64. The van der Waals surface area contributed by atoms with Gasteiger partial charge in [-0.2, -0.15) is 3.89 Å². The Morgan fingerprint density at radius 2 is 1.47 bits per heavy atom. The zero-order valence-corrected chi connectivity index (χ0v) is 10.9. The van der Waals surface area contributed by atoms with Gasteiger partial charge in [0.15, 0.2) is 0 Å². The second-order valence-corrected chi connectivity index (χ2v) is 6.40. The molecule has 0 heterocycles. The van der Waals surface area contributed by atoms with E-state index in [0.29, 0.717) is 6.54 Å². The summed E-state index contributed by atoms with van der Waals surface area (Å²) < 4.78 is 30.5. The molecule has 0 aromatic carbocycles. The lowest BCUT2D eigenvalue weighted by molar-refractivity contribution is -0.767. The predicted octanol–water partition coefficient (Wildman–Crippen LogP) is 2.23. The van der Waals surface area contributed by atoms with Crippen LogP contribution in [0.15, 0.2) is 0 Å². The molecule has 0 unspecified atom stereocenters. The van der Waals surface area contributed by atoms with E-state index in [-0.39, 0.29) is 3.89 Å². The number of hydrogen-bond donors (Lipinski definition) is 1. The van der Waals surface area contributed by atoms with Gasteiger partial charge >= 0.3 is 10.3 Å². The van der Waals surface area contributed by atoms with Gasteiger partial charge in [0.05, 0.1) is 20.6 Å². The topological polar surface area (TPSA) is 54.4 Å². The molecule has 0 aromatic rings. The molecule has 0 saturated carbocycles. The normalized spacial score (nSPS) is 13.1. The van der Waals surface area contributed by atoms with Crippen LogP contribution in [0.5, 0.6) is 0 Å². The maximum Gasteiger partial charge on any atom is 0.432 e. The SMILES string of the molecule is CCCCCCCC[N+](C)(C)S(=O)(=O)O. The number of quaternary nitrogens is 1. The van der Waals surface area contributed by atoms with Gasteiger partial charge in [0.2, 0.25) is 0 Å². The summed E-state index contributed by atoms with van der Waals surface area (Å²) in [5, 5.41) is 0. The molecule has 4 nitrogen and oxygen atoms in total. The molecule has 0 saturated heterocycles. The molecule has 0 aliphatic carbocycles. The second-order valence-electron chi connectivity index (χ2n) is 4.51. The first-order valence-electron chi connectivity index (χ1n) is 5.62. The minimum absolute atomic E-state index is 0.333. The van der Waals surface area contributed by atoms with Gasteiger partial charge in [0, 0.05) is 0 Å². The molecule has 92 valence electrons. The molecule has 1 N–H and O–H groups in total. The van der Waals surface area contributed by atoms with Crippen LogP contribution in [-0.2, 0) is 10.3 Å². The predicted molar refractivity (Wildman–Crippen MR) is 61.9 cm³/mol. The molecule has 0 aliphatic rings. The lowest BCUT2D eigenvalue weighted by Crippen LogP contribution is -2.45. The molecule has 5 heteroatoms. The first-order chi connectivity index (χ1) is 6.81. The van der Waals surface area contributed by atoms with Crippen LogP contribution in [0.3, 0.4) is 0 Å². The summed E-state index contributed by atoms with van der Waals surface area (Å²) >= 11 is 0. The fourth-order valence-electron chi connectivity index (χ4n) is 1.39. The monoisotopic (exact) mass is 238 g/mol. The molecular weight excluding hydrogens is 214 g/mol. The second kappa shape index (κ2) is 6.45. The van der Waals surface area contributed by atoms with Gasteiger partial charge in [0.1, 0.15) is 0 Å². The summed E-state index contributed by atoms with van der Waals surface area (Å²) in [6.07, 6.45) is 6.71. The third kappa shape index (κ3) is 6.12. The maximum atomic E-state index is 10.9. The Morgan fingerprint density at radius 3 is 1.93 bits per heavy atom. The first-order valence-corrected chi connectivity index (χ1v) is 7.01. The molecule has 0 atom stereocenters. The van der Waals surface area contributed by atoms with E-state index in [2.05, 4.69) is 6.92 Å². The largest absolute Gasteiger partial charge is 0.432 e. The molecule has 15 heavy (non-hydrogen) atoms. The van der Waals surface area contributed by atoms with Crippen molar-refractivity contribution in [3.63, 3.8) is 0 Å². The zero-order valence-electron chi connectivity index (χ0n) is 10.1. The highest BCUT2D eigenvalue weighted by Gasteiger charge is 2.29. The van der Waals surface area contributed by atoms with E-state index in [0.717, 1.165) is 19.3 Å². The number of unbranched alkanes of at least 4 members (excludes halogenated alkanes) is 5. The molecule has 0 aliphatic heterocycles. The molecule has 0 aromatic heterocycles. The highest BCUT2D eigenvalue weighted by atomic mass is 32.2. The van der Waals surface area contributed by atoms with Crippen LogP contribution in [0.2, 0.25) is 0 Å². The van der Waals surface area contributed by atoms with Crippen LogP contribution < -0.4 is 0 Å².